The van der Waals surface area contributed by atoms with E-state index in [0.717, 1.165) is 54.9 Å². The van der Waals surface area contributed by atoms with Crippen LogP contribution in [0.4, 0.5) is 11.6 Å². The molecule has 0 unspecified atom stereocenters. The van der Waals surface area contributed by atoms with Crippen molar-refractivity contribution in [1.29, 1.82) is 0 Å². The molecular weight excluding hydrogens is 298 g/mol. The Bertz CT molecular complexity index is 611. The van der Waals surface area contributed by atoms with Gasteiger partial charge in [0.2, 0.25) is 0 Å². The minimum absolute atomic E-state index is 0.336. The Kier molecular flexibility index (Phi) is 4.84. The first-order chi connectivity index (χ1) is 10.7. The zero-order valence-corrected chi connectivity index (χ0v) is 13.8. The van der Waals surface area contributed by atoms with Crippen LogP contribution in [0.2, 0.25) is 0 Å². The number of aromatic nitrogens is 3. The summed E-state index contributed by atoms with van der Waals surface area (Å²) in [6.45, 7) is 4.37. The highest BCUT2D eigenvalue weighted by molar-refractivity contribution is 7.09. The lowest BCUT2D eigenvalue weighted by molar-refractivity contribution is 0.0875. The Balaban J connectivity index is 1.64. The molecular formula is C15H21N5OS. The molecule has 7 heteroatoms. The summed E-state index contributed by atoms with van der Waals surface area (Å²) in [5.41, 5.74) is 1.07. The van der Waals surface area contributed by atoms with Gasteiger partial charge in [-0.15, -0.1) is 11.3 Å². The number of thiazole rings is 1. The summed E-state index contributed by atoms with van der Waals surface area (Å²) < 4.78 is 5.49. The Morgan fingerprint density at radius 1 is 1.45 bits per heavy atom. The molecule has 1 aliphatic heterocycles. The van der Waals surface area contributed by atoms with Crippen molar-refractivity contribution in [2.75, 3.05) is 30.5 Å². The second-order valence-electron chi connectivity index (χ2n) is 5.53. The molecule has 118 valence electrons. The molecule has 0 radical (unpaired) electrons. The predicted octanol–water partition coefficient (Wildman–Crippen LogP) is 2.47. The quantitative estimate of drug-likeness (QED) is 0.913. The third-order valence-corrected chi connectivity index (χ3v) is 4.44. The molecule has 0 spiro atoms. The smallest absolute Gasteiger partial charge is 0.134 e. The third-order valence-electron chi connectivity index (χ3n) is 3.62. The van der Waals surface area contributed by atoms with Gasteiger partial charge in [0.05, 0.1) is 29.9 Å². The molecule has 0 saturated carbocycles. The Hall–Kier alpha value is -1.73. The second kappa shape index (κ2) is 7.02. The number of rotatable bonds is 5. The highest BCUT2D eigenvalue weighted by Gasteiger charge is 2.15. The average molecular weight is 319 g/mol. The van der Waals surface area contributed by atoms with Crippen LogP contribution in [0.25, 0.3) is 0 Å². The maximum Gasteiger partial charge on any atom is 0.134 e. The van der Waals surface area contributed by atoms with Crippen LogP contribution in [0.15, 0.2) is 17.8 Å². The van der Waals surface area contributed by atoms with Crippen LogP contribution in [0.3, 0.4) is 0 Å². The molecule has 1 saturated heterocycles. The molecule has 22 heavy (non-hydrogen) atoms. The molecule has 0 bridgehead atoms. The van der Waals surface area contributed by atoms with Crippen molar-refractivity contribution in [2.24, 2.45) is 0 Å². The molecule has 0 amide bonds. The van der Waals surface area contributed by atoms with E-state index in [1.807, 2.05) is 20.0 Å². The first-order valence-electron chi connectivity index (χ1n) is 7.49. The minimum Gasteiger partial charge on any atom is -0.379 e. The van der Waals surface area contributed by atoms with Gasteiger partial charge >= 0.3 is 0 Å². The Morgan fingerprint density at radius 2 is 2.36 bits per heavy atom. The van der Waals surface area contributed by atoms with Gasteiger partial charge in [0.25, 0.3) is 0 Å². The number of hydrogen-bond donors (Lipinski definition) is 1. The summed E-state index contributed by atoms with van der Waals surface area (Å²) >= 11 is 1.67. The highest BCUT2D eigenvalue weighted by atomic mass is 32.1. The summed E-state index contributed by atoms with van der Waals surface area (Å²) in [6.07, 6.45) is 3.82. The van der Waals surface area contributed by atoms with E-state index >= 15 is 0 Å². The first kappa shape index (κ1) is 15.2. The van der Waals surface area contributed by atoms with E-state index < -0.39 is 0 Å². The fraction of sp³-hybridized carbons (Fsp3) is 0.533. The average Bonchev–Trinajstić information content (AvgIpc) is 2.93. The lowest BCUT2D eigenvalue weighted by atomic mass is 10.1. The van der Waals surface area contributed by atoms with Crippen LogP contribution >= 0.6 is 11.3 Å². The van der Waals surface area contributed by atoms with Gasteiger partial charge in [-0.05, 0) is 19.8 Å². The van der Waals surface area contributed by atoms with E-state index in [1.54, 1.807) is 17.7 Å². The molecule has 6 nitrogen and oxygen atoms in total. The number of anilines is 2. The van der Waals surface area contributed by atoms with Crippen LogP contribution in [0, 0.1) is 6.92 Å². The van der Waals surface area contributed by atoms with E-state index in [-0.39, 0.29) is 0 Å². The van der Waals surface area contributed by atoms with Crippen molar-refractivity contribution in [3.63, 3.8) is 0 Å². The van der Waals surface area contributed by atoms with Gasteiger partial charge in [-0.2, -0.15) is 0 Å². The fourth-order valence-electron chi connectivity index (χ4n) is 2.50. The molecule has 1 aliphatic rings. The fourth-order valence-corrected chi connectivity index (χ4v) is 3.11. The third kappa shape index (κ3) is 3.92. The van der Waals surface area contributed by atoms with E-state index in [4.69, 9.17) is 4.74 Å². The SMILES string of the molecule is Cc1nc(CN(C)c2cc(N[C@H]3CCCOC3)ncn2)cs1. The van der Waals surface area contributed by atoms with Crippen molar-refractivity contribution < 1.29 is 4.74 Å². The van der Waals surface area contributed by atoms with Gasteiger partial charge in [-0.25, -0.2) is 15.0 Å². The van der Waals surface area contributed by atoms with Gasteiger partial charge in [0.15, 0.2) is 0 Å². The van der Waals surface area contributed by atoms with Gasteiger partial charge in [-0.1, -0.05) is 0 Å². The Morgan fingerprint density at radius 3 is 3.09 bits per heavy atom. The minimum atomic E-state index is 0.336. The number of aryl methyl sites for hydroxylation is 1. The maximum atomic E-state index is 5.49. The normalized spacial score (nSPS) is 18.2. The van der Waals surface area contributed by atoms with Gasteiger partial charge in [0.1, 0.15) is 18.0 Å². The topological polar surface area (TPSA) is 63.2 Å². The monoisotopic (exact) mass is 319 g/mol. The van der Waals surface area contributed by atoms with Crippen molar-refractivity contribution in [3.8, 4) is 0 Å². The van der Waals surface area contributed by atoms with E-state index in [9.17, 15) is 0 Å². The molecule has 2 aromatic rings. The van der Waals surface area contributed by atoms with Crippen LogP contribution < -0.4 is 10.2 Å². The summed E-state index contributed by atoms with van der Waals surface area (Å²) in [5, 5.41) is 6.61. The number of hydrogen-bond acceptors (Lipinski definition) is 7. The van der Waals surface area contributed by atoms with Crippen LogP contribution in [-0.2, 0) is 11.3 Å². The standard InChI is InChI=1S/C15H21N5OS/c1-11-18-13(9-22-11)7-20(2)15-6-14(16-10-17-15)19-12-4-3-5-21-8-12/h6,9-10,12H,3-5,7-8H2,1-2H3,(H,16,17,19)/t12-/m0/s1. The lowest BCUT2D eigenvalue weighted by Gasteiger charge is -2.24. The highest BCUT2D eigenvalue weighted by Crippen LogP contribution is 2.18. The molecule has 0 aromatic carbocycles. The van der Waals surface area contributed by atoms with E-state index in [1.165, 1.54) is 0 Å². The molecule has 2 aromatic heterocycles. The number of nitrogens with one attached hydrogen (secondary N) is 1. The van der Waals surface area contributed by atoms with E-state index in [2.05, 4.69) is 30.5 Å². The van der Waals surface area contributed by atoms with Crippen molar-refractivity contribution in [2.45, 2.75) is 32.4 Å². The van der Waals surface area contributed by atoms with Crippen LogP contribution in [-0.4, -0.2) is 41.3 Å². The molecule has 1 N–H and O–H groups in total. The van der Waals surface area contributed by atoms with Gasteiger partial charge in [-0.3, -0.25) is 0 Å². The van der Waals surface area contributed by atoms with E-state index in [0.29, 0.717) is 6.04 Å². The summed E-state index contributed by atoms with van der Waals surface area (Å²) in [7, 11) is 2.02. The van der Waals surface area contributed by atoms with Gasteiger partial charge in [0, 0.05) is 25.1 Å². The first-order valence-corrected chi connectivity index (χ1v) is 8.37. The predicted molar refractivity (Wildman–Crippen MR) is 88.5 cm³/mol. The lowest BCUT2D eigenvalue weighted by Crippen LogP contribution is -2.30. The maximum absolute atomic E-state index is 5.49. The summed E-state index contributed by atoms with van der Waals surface area (Å²) in [5.74, 6) is 1.74. The van der Waals surface area contributed by atoms with Crippen LogP contribution in [0.5, 0.6) is 0 Å². The van der Waals surface area contributed by atoms with Crippen LogP contribution in [0.1, 0.15) is 23.5 Å². The van der Waals surface area contributed by atoms with Crippen molar-refractivity contribution >= 4 is 23.0 Å². The van der Waals surface area contributed by atoms with Crippen molar-refractivity contribution in [1.82, 2.24) is 15.0 Å². The molecule has 3 rings (SSSR count). The molecule has 0 aliphatic carbocycles. The zero-order valence-electron chi connectivity index (χ0n) is 13.0. The Labute approximate surface area is 134 Å². The molecule has 1 atom stereocenters. The second-order valence-corrected chi connectivity index (χ2v) is 6.60. The molecule has 3 heterocycles. The summed E-state index contributed by atoms with van der Waals surface area (Å²) in [6, 6.07) is 2.32. The zero-order chi connectivity index (χ0) is 15.4. The number of ether oxygens (including phenoxy) is 1. The molecule has 1 fully saturated rings. The van der Waals surface area contributed by atoms with Crippen molar-refractivity contribution in [3.05, 3.63) is 28.5 Å². The van der Waals surface area contributed by atoms with Gasteiger partial charge < -0.3 is 15.0 Å². The summed E-state index contributed by atoms with van der Waals surface area (Å²) in [4.78, 5) is 15.2. The largest absolute Gasteiger partial charge is 0.379 e. The number of nitrogens with zero attached hydrogens (tertiary/aromatic N) is 4.